The third kappa shape index (κ3) is 2.50. The molecule has 0 fully saturated rings. The van der Waals surface area contributed by atoms with E-state index in [9.17, 15) is 9.90 Å². The lowest BCUT2D eigenvalue weighted by Gasteiger charge is -2.09. The highest BCUT2D eigenvalue weighted by molar-refractivity contribution is 6.35. The Balaban J connectivity index is 2.70. The van der Waals surface area contributed by atoms with E-state index in [4.69, 9.17) is 23.2 Å². The van der Waals surface area contributed by atoms with E-state index in [-0.39, 0.29) is 5.56 Å². The second kappa shape index (κ2) is 5.01. The van der Waals surface area contributed by atoms with Crippen molar-refractivity contribution in [3.8, 4) is 11.1 Å². The molecule has 0 amide bonds. The number of halogens is 2. The minimum Gasteiger partial charge on any atom is -0.478 e. The van der Waals surface area contributed by atoms with E-state index >= 15 is 0 Å². The highest BCUT2D eigenvalue weighted by Crippen LogP contribution is 2.33. The van der Waals surface area contributed by atoms with Crippen LogP contribution in [0.25, 0.3) is 11.1 Å². The fourth-order valence-electron chi connectivity index (χ4n) is 1.77. The van der Waals surface area contributed by atoms with E-state index in [1.807, 2.05) is 13.0 Å². The van der Waals surface area contributed by atoms with E-state index in [1.54, 1.807) is 30.3 Å². The maximum Gasteiger partial charge on any atom is 0.336 e. The van der Waals surface area contributed by atoms with Crippen molar-refractivity contribution in [3.05, 3.63) is 57.6 Å². The van der Waals surface area contributed by atoms with Crippen LogP contribution in [0.15, 0.2) is 36.4 Å². The zero-order valence-corrected chi connectivity index (χ0v) is 11.1. The van der Waals surface area contributed by atoms with Crippen molar-refractivity contribution >= 4 is 29.2 Å². The number of aromatic carboxylic acids is 1. The summed E-state index contributed by atoms with van der Waals surface area (Å²) >= 11 is 12.0. The number of rotatable bonds is 2. The highest BCUT2D eigenvalue weighted by atomic mass is 35.5. The van der Waals surface area contributed by atoms with Crippen molar-refractivity contribution in [2.45, 2.75) is 6.92 Å². The van der Waals surface area contributed by atoms with Crippen LogP contribution in [0.5, 0.6) is 0 Å². The Morgan fingerprint density at radius 3 is 2.44 bits per heavy atom. The van der Waals surface area contributed by atoms with Gasteiger partial charge in [-0.05, 0) is 36.8 Å². The molecule has 0 heterocycles. The molecule has 0 saturated carbocycles. The number of aryl methyl sites for hydroxylation is 1. The van der Waals surface area contributed by atoms with E-state index < -0.39 is 5.97 Å². The molecule has 92 valence electrons. The first-order chi connectivity index (χ1) is 8.49. The molecule has 0 bridgehead atoms. The van der Waals surface area contributed by atoms with Gasteiger partial charge in [0.1, 0.15) is 0 Å². The van der Waals surface area contributed by atoms with Crippen molar-refractivity contribution in [2.24, 2.45) is 0 Å². The monoisotopic (exact) mass is 280 g/mol. The summed E-state index contributed by atoms with van der Waals surface area (Å²) in [5, 5.41) is 10.2. The van der Waals surface area contributed by atoms with Crippen molar-refractivity contribution in [1.29, 1.82) is 0 Å². The van der Waals surface area contributed by atoms with Crippen molar-refractivity contribution in [3.63, 3.8) is 0 Å². The summed E-state index contributed by atoms with van der Waals surface area (Å²) in [5.41, 5.74) is 2.30. The number of carboxylic acid groups (broad SMARTS) is 1. The molecule has 0 aliphatic rings. The summed E-state index contributed by atoms with van der Waals surface area (Å²) in [6.07, 6.45) is 0. The van der Waals surface area contributed by atoms with Crippen molar-refractivity contribution in [1.82, 2.24) is 0 Å². The molecule has 0 aromatic heterocycles. The third-order valence-electron chi connectivity index (χ3n) is 2.62. The lowest BCUT2D eigenvalue weighted by atomic mass is 9.98. The normalized spacial score (nSPS) is 10.4. The van der Waals surface area contributed by atoms with Gasteiger partial charge < -0.3 is 5.11 Å². The summed E-state index contributed by atoms with van der Waals surface area (Å²) in [5.74, 6) is -0.982. The lowest BCUT2D eigenvalue weighted by molar-refractivity contribution is 0.0697. The lowest BCUT2D eigenvalue weighted by Crippen LogP contribution is -2.00. The van der Waals surface area contributed by atoms with Crippen LogP contribution in [0.1, 0.15) is 15.9 Å². The minimum atomic E-state index is -0.982. The van der Waals surface area contributed by atoms with E-state index in [1.165, 1.54) is 0 Å². The summed E-state index contributed by atoms with van der Waals surface area (Å²) in [6, 6.07) is 10.2. The van der Waals surface area contributed by atoms with Crippen LogP contribution in [-0.4, -0.2) is 11.1 Å². The number of carboxylic acids is 1. The summed E-state index contributed by atoms with van der Waals surface area (Å²) in [6.45, 7) is 1.84. The zero-order chi connectivity index (χ0) is 13.3. The van der Waals surface area contributed by atoms with Gasteiger partial charge >= 0.3 is 5.97 Å². The minimum absolute atomic E-state index is 0.221. The summed E-state index contributed by atoms with van der Waals surface area (Å²) < 4.78 is 0. The van der Waals surface area contributed by atoms with Gasteiger partial charge in [0.2, 0.25) is 0 Å². The van der Waals surface area contributed by atoms with E-state index in [0.717, 1.165) is 5.56 Å². The second-order valence-corrected chi connectivity index (χ2v) is 4.82. The Bertz CT molecular complexity index is 621. The molecule has 0 spiro atoms. The van der Waals surface area contributed by atoms with Crippen molar-refractivity contribution < 1.29 is 9.90 Å². The third-order valence-corrected chi connectivity index (χ3v) is 3.19. The Labute approximate surface area is 115 Å². The molecule has 1 N–H and O–H groups in total. The molecule has 4 heteroatoms. The Hall–Kier alpha value is -1.51. The Morgan fingerprint density at radius 2 is 1.78 bits per heavy atom. The molecule has 0 saturated heterocycles. The van der Waals surface area contributed by atoms with E-state index in [0.29, 0.717) is 21.2 Å². The van der Waals surface area contributed by atoms with Crippen LogP contribution in [0, 0.1) is 6.92 Å². The van der Waals surface area contributed by atoms with Crippen LogP contribution < -0.4 is 0 Å². The molecule has 0 aliphatic carbocycles. The first-order valence-corrected chi connectivity index (χ1v) is 6.04. The second-order valence-electron chi connectivity index (χ2n) is 3.98. The van der Waals surface area contributed by atoms with Gasteiger partial charge in [0.15, 0.2) is 0 Å². The van der Waals surface area contributed by atoms with Gasteiger partial charge in [0.25, 0.3) is 0 Å². The van der Waals surface area contributed by atoms with Crippen LogP contribution in [0.2, 0.25) is 10.0 Å². The molecule has 2 nitrogen and oxygen atoms in total. The molecule has 0 radical (unpaired) electrons. The standard InChI is InChI=1S/C14H10Cl2O2/c1-8-2-4-10(12(6-8)14(17)18)11-7-9(15)3-5-13(11)16/h2-7H,1H3,(H,17,18). The van der Waals surface area contributed by atoms with Crippen LogP contribution in [0.4, 0.5) is 0 Å². The van der Waals surface area contributed by atoms with Crippen molar-refractivity contribution in [2.75, 3.05) is 0 Å². The highest BCUT2D eigenvalue weighted by Gasteiger charge is 2.14. The molecular formula is C14H10Cl2O2. The number of benzene rings is 2. The molecular weight excluding hydrogens is 271 g/mol. The van der Waals surface area contributed by atoms with Gasteiger partial charge in [-0.25, -0.2) is 4.79 Å². The van der Waals surface area contributed by atoms with Gasteiger partial charge in [-0.1, -0.05) is 40.9 Å². The van der Waals surface area contributed by atoms with Gasteiger partial charge in [-0.2, -0.15) is 0 Å². The first-order valence-electron chi connectivity index (χ1n) is 5.28. The quantitative estimate of drug-likeness (QED) is 0.868. The molecule has 0 aliphatic heterocycles. The SMILES string of the molecule is Cc1ccc(-c2cc(Cl)ccc2Cl)c(C(=O)O)c1. The number of carbonyl (C=O) groups is 1. The van der Waals surface area contributed by atoms with Crippen LogP contribution in [-0.2, 0) is 0 Å². The molecule has 2 aromatic carbocycles. The predicted octanol–water partition coefficient (Wildman–Crippen LogP) is 4.67. The number of hydrogen-bond donors (Lipinski definition) is 1. The van der Waals surface area contributed by atoms with Gasteiger partial charge in [-0.3, -0.25) is 0 Å². The number of hydrogen-bond acceptors (Lipinski definition) is 1. The molecule has 2 rings (SSSR count). The predicted molar refractivity (Wildman–Crippen MR) is 73.6 cm³/mol. The smallest absolute Gasteiger partial charge is 0.336 e. The van der Waals surface area contributed by atoms with Gasteiger partial charge in [0, 0.05) is 15.6 Å². The summed E-state index contributed by atoms with van der Waals surface area (Å²) in [4.78, 5) is 11.3. The van der Waals surface area contributed by atoms with Gasteiger partial charge in [-0.15, -0.1) is 0 Å². The van der Waals surface area contributed by atoms with Crippen LogP contribution >= 0.6 is 23.2 Å². The van der Waals surface area contributed by atoms with Gasteiger partial charge in [0.05, 0.1) is 5.56 Å². The maximum absolute atomic E-state index is 11.3. The Kier molecular flexibility index (Phi) is 3.60. The zero-order valence-electron chi connectivity index (χ0n) is 9.58. The fourth-order valence-corrected chi connectivity index (χ4v) is 2.17. The topological polar surface area (TPSA) is 37.3 Å². The molecule has 2 aromatic rings. The van der Waals surface area contributed by atoms with Crippen LogP contribution in [0.3, 0.4) is 0 Å². The first kappa shape index (κ1) is 12.9. The molecule has 0 atom stereocenters. The van der Waals surface area contributed by atoms with E-state index in [2.05, 4.69) is 0 Å². The molecule has 0 unspecified atom stereocenters. The average molecular weight is 281 g/mol. The molecule has 18 heavy (non-hydrogen) atoms. The maximum atomic E-state index is 11.3. The Morgan fingerprint density at radius 1 is 1.06 bits per heavy atom. The fraction of sp³-hybridized carbons (Fsp3) is 0.0714. The summed E-state index contributed by atoms with van der Waals surface area (Å²) in [7, 11) is 0. The average Bonchev–Trinajstić information content (AvgIpc) is 2.32. The largest absolute Gasteiger partial charge is 0.478 e.